The average molecular weight is 95.1 g/mol. The predicted molar refractivity (Wildman–Crippen MR) is 28.6 cm³/mol. The molecule has 0 aromatic heterocycles. The van der Waals surface area contributed by atoms with Crippen molar-refractivity contribution in [1.82, 2.24) is 4.90 Å². The van der Waals surface area contributed by atoms with Gasteiger partial charge in [0.05, 0.1) is 0 Å². The van der Waals surface area contributed by atoms with Crippen LogP contribution in [0.5, 0.6) is 0 Å². The van der Waals surface area contributed by atoms with Crippen LogP contribution in [0.15, 0.2) is 11.9 Å². The summed E-state index contributed by atoms with van der Waals surface area (Å²) in [4.78, 5) is 2.35. The molecule has 0 amide bonds. The van der Waals surface area contributed by atoms with Gasteiger partial charge in [-0.3, -0.25) is 0 Å². The molecule has 0 radical (unpaired) electrons. The summed E-state index contributed by atoms with van der Waals surface area (Å²) in [6.45, 7) is 1.30. The Morgan fingerprint density at radius 2 is 2.43 bits per heavy atom. The van der Waals surface area contributed by atoms with Gasteiger partial charge in [0.25, 0.3) is 0 Å². The molecule has 0 bridgehead atoms. The SMILES string of the molecule is C1=C2CCCCN12. The van der Waals surface area contributed by atoms with Gasteiger partial charge in [-0.1, -0.05) is 0 Å². The Morgan fingerprint density at radius 3 is 3.00 bits per heavy atom. The predicted octanol–water partition coefficient (Wildman–Crippen LogP) is 1.33. The van der Waals surface area contributed by atoms with Crippen molar-refractivity contribution < 1.29 is 0 Å². The third kappa shape index (κ3) is 0.441. The lowest BCUT2D eigenvalue weighted by molar-refractivity contribution is 0.473. The van der Waals surface area contributed by atoms with Crippen molar-refractivity contribution in [2.24, 2.45) is 0 Å². The molecule has 38 valence electrons. The van der Waals surface area contributed by atoms with Crippen LogP contribution in [0, 0.1) is 0 Å². The molecule has 1 nitrogen and oxygen atoms in total. The van der Waals surface area contributed by atoms with Crippen LogP contribution in [0.1, 0.15) is 19.3 Å². The van der Waals surface area contributed by atoms with Crippen molar-refractivity contribution in [2.45, 2.75) is 19.3 Å². The summed E-state index contributed by atoms with van der Waals surface area (Å²) in [5.41, 5.74) is 1.59. The maximum Gasteiger partial charge on any atom is 0.0338 e. The lowest BCUT2D eigenvalue weighted by Crippen LogP contribution is -2.06. The van der Waals surface area contributed by atoms with Crippen molar-refractivity contribution in [3.8, 4) is 0 Å². The van der Waals surface area contributed by atoms with Crippen LogP contribution < -0.4 is 0 Å². The van der Waals surface area contributed by atoms with Crippen LogP contribution in [-0.4, -0.2) is 11.4 Å². The third-order valence-corrected chi connectivity index (χ3v) is 1.69. The molecule has 1 fully saturated rings. The van der Waals surface area contributed by atoms with E-state index in [1.165, 1.54) is 25.8 Å². The highest BCUT2D eigenvalue weighted by Crippen LogP contribution is 2.30. The van der Waals surface area contributed by atoms with E-state index in [2.05, 4.69) is 11.1 Å². The number of piperidine rings is 1. The number of hydrogen-bond donors (Lipinski definition) is 0. The van der Waals surface area contributed by atoms with Crippen molar-refractivity contribution in [3.63, 3.8) is 0 Å². The molecule has 0 unspecified atom stereocenters. The minimum absolute atomic E-state index is 1.30. The Kier molecular flexibility index (Phi) is 0.518. The first-order valence-electron chi connectivity index (χ1n) is 2.94. The van der Waals surface area contributed by atoms with Gasteiger partial charge in [0.2, 0.25) is 0 Å². The molecule has 1 heteroatoms. The molecule has 2 heterocycles. The van der Waals surface area contributed by atoms with Crippen LogP contribution in [0.25, 0.3) is 0 Å². The summed E-state index contributed by atoms with van der Waals surface area (Å²) in [6.07, 6.45) is 6.43. The Hall–Kier alpha value is -0.460. The number of rotatable bonds is 0. The highest BCUT2D eigenvalue weighted by atomic mass is 15.2. The molecule has 2 aliphatic rings. The van der Waals surface area contributed by atoms with E-state index in [0.717, 1.165) is 0 Å². The molecule has 2 aliphatic heterocycles. The first kappa shape index (κ1) is 3.53. The van der Waals surface area contributed by atoms with Crippen molar-refractivity contribution >= 4 is 0 Å². The molecule has 2 rings (SSSR count). The lowest BCUT2D eigenvalue weighted by Gasteiger charge is -2.10. The Labute approximate surface area is 43.6 Å². The Bertz CT molecular complexity index is 115. The summed E-state index contributed by atoms with van der Waals surface area (Å²) < 4.78 is 0. The van der Waals surface area contributed by atoms with Gasteiger partial charge in [-0.2, -0.15) is 0 Å². The van der Waals surface area contributed by atoms with Crippen molar-refractivity contribution in [2.75, 3.05) is 6.54 Å². The van der Waals surface area contributed by atoms with Crippen LogP contribution in [-0.2, 0) is 0 Å². The van der Waals surface area contributed by atoms with E-state index in [9.17, 15) is 0 Å². The molecular weight excluding hydrogens is 86.1 g/mol. The second kappa shape index (κ2) is 1.03. The summed E-state index contributed by atoms with van der Waals surface area (Å²) in [6, 6.07) is 0. The largest absolute Gasteiger partial charge is 0.348 e. The van der Waals surface area contributed by atoms with E-state index < -0.39 is 0 Å². The monoisotopic (exact) mass is 95.1 g/mol. The standard InChI is InChI=1S/C6H9N/c1-2-4-7-5-6(7)3-1/h5H,1-4H2. The minimum atomic E-state index is 1.30. The fraction of sp³-hybridized carbons (Fsp3) is 0.667. The maximum absolute atomic E-state index is 2.35. The van der Waals surface area contributed by atoms with Gasteiger partial charge < -0.3 is 4.90 Å². The van der Waals surface area contributed by atoms with Crippen LogP contribution in [0.3, 0.4) is 0 Å². The van der Waals surface area contributed by atoms with Gasteiger partial charge in [-0.15, -0.1) is 0 Å². The summed E-state index contributed by atoms with van der Waals surface area (Å²) >= 11 is 0. The normalized spacial score (nSPS) is 26.3. The number of nitrogens with zero attached hydrogens (tertiary/aromatic N) is 1. The first-order chi connectivity index (χ1) is 3.47. The van der Waals surface area contributed by atoms with Gasteiger partial charge in [0.15, 0.2) is 0 Å². The van der Waals surface area contributed by atoms with Gasteiger partial charge in [0, 0.05) is 18.4 Å². The van der Waals surface area contributed by atoms with Gasteiger partial charge in [-0.05, 0) is 19.3 Å². The fourth-order valence-corrected chi connectivity index (χ4v) is 1.16. The van der Waals surface area contributed by atoms with E-state index >= 15 is 0 Å². The highest BCUT2D eigenvalue weighted by molar-refractivity contribution is 5.20. The zero-order valence-corrected chi connectivity index (χ0v) is 4.35. The molecule has 0 N–H and O–H groups in total. The number of fused-ring (bicyclic) bond motifs is 1. The molecule has 0 aliphatic carbocycles. The highest BCUT2D eigenvalue weighted by Gasteiger charge is 2.22. The molecule has 0 atom stereocenters. The average Bonchev–Trinajstić information content (AvgIpc) is 2.41. The molecule has 0 aromatic rings. The van der Waals surface area contributed by atoms with E-state index in [-0.39, 0.29) is 0 Å². The summed E-state index contributed by atoms with van der Waals surface area (Å²) in [5, 5.41) is 0. The second-order valence-electron chi connectivity index (χ2n) is 2.27. The van der Waals surface area contributed by atoms with Gasteiger partial charge in [-0.25, -0.2) is 0 Å². The first-order valence-corrected chi connectivity index (χ1v) is 2.94. The van der Waals surface area contributed by atoms with E-state index in [1.54, 1.807) is 5.70 Å². The smallest absolute Gasteiger partial charge is 0.0338 e. The molecular formula is C6H9N. The summed E-state index contributed by atoms with van der Waals surface area (Å²) in [5.74, 6) is 0. The second-order valence-corrected chi connectivity index (χ2v) is 2.27. The maximum atomic E-state index is 2.35. The van der Waals surface area contributed by atoms with E-state index in [1.807, 2.05) is 0 Å². The Morgan fingerprint density at radius 1 is 1.43 bits per heavy atom. The van der Waals surface area contributed by atoms with E-state index in [0.29, 0.717) is 0 Å². The van der Waals surface area contributed by atoms with Crippen LogP contribution in [0.2, 0.25) is 0 Å². The van der Waals surface area contributed by atoms with Gasteiger partial charge in [0.1, 0.15) is 0 Å². The summed E-state index contributed by atoms with van der Waals surface area (Å²) in [7, 11) is 0. The van der Waals surface area contributed by atoms with Gasteiger partial charge >= 0.3 is 0 Å². The minimum Gasteiger partial charge on any atom is -0.348 e. The quantitative estimate of drug-likeness (QED) is 0.438. The third-order valence-electron chi connectivity index (χ3n) is 1.69. The molecule has 0 aromatic carbocycles. The number of allylic oxidation sites excluding steroid dienone is 1. The molecule has 1 saturated heterocycles. The molecule has 0 saturated carbocycles. The van der Waals surface area contributed by atoms with E-state index in [4.69, 9.17) is 0 Å². The Balaban J connectivity index is 2.02. The fourth-order valence-electron chi connectivity index (χ4n) is 1.16. The number of hydrogen-bond acceptors (Lipinski definition) is 1. The van der Waals surface area contributed by atoms with Crippen molar-refractivity contribution in [1.29, 1.82) is 0 Å². The van der Waals surface area contributed by atoms with Crippen LogP contribution >= 0.6 is 0 Å². The molecule has 7 heavy (non-hydrogen) atoms. The topological polar surface area (TPSA) is 3.01 Å². The van der Waals surface area contributed by atoms with Crippen LogP contribution in [0.4, 0.5) is 0 Å². The van der Waals surface area contributed by atoms with Crippen molar-refractivity contribution in [3.05, 3.63) is 11.9 Å². The zero-order valence-electron chi connectivity index (χ0n) is 4.35. The zero-order chi connectivity index (χ0) is 4.69. The molecule has 0 spiro atoms. The lowest BCUT2D eigenvalue weighted by atomic mass is 10.2.